The van der Waals surface area contributed by atoms with Gasteiger partial charge in [-0.3, -0.25) is 0 Å². The molecule has 0 spiro atoms. The van der Waals surface area contributed by atoms with Crippen LogP contribution in [0.25, 0.3) is 11.4 Å². The molecule has 106 valence electrons. The Hall–Kier alpha value is -1.33. The molecule has 0 unspecified atom stereocenters. The topological polar surface area (TPSA) is 44.2 Å². The fourth-order valence-electron chi connectivity index (χ4n) is 1.76. The number of benzene rings is 1. The van der Waals surface area contributed by atoms with Gasteiger partial charge in [0.25, 0.3) is 0 Å². The van der Waals surface area contributed by atoms with Crippen molar-refractivity contribution in [2.24, 2.45) is 0 Å². The van der Waals surface area contributed by atoms with E-state index in [1.807, 2.05) is 19.1 Å². The molecule has 0 fully saturated rings. The van der Waals surface area contributed by atoms with Crippen LogP contribution < -0.4 is 9.47 Å². The first-order valence-electron chi connectivity index (χ1n) is 6.04. The van der Waals surface area contributed by atoms with Crippen molar-refractivity contribution in [2.45, 2.75) is 13.3 Å². The molecule has 1 heterocycles. The summed E-state index contributed by atoms with van der Waals surface area (Å²) in [6.07, 6.45) is 0.761. The Bertz CT molecular complexity index is 613. The molecule has 0 aliphatic heterocycles. The van der Waals surface area contributed by atoms with Crippen molar-refractivity contribution in [2.75, 3.05) is 14.2 Å². The molecule has 6 heteroatoms. The van der Waals surface area contributed by atoms with Gasteiger partial charge in [-0.05, 0) is 34.5 Å². The molecule has 0 radical (unpaired) electrons. The number of methoxy groups -OCH3 is 2. The average Bonchev–Trinajstić information content (AvgIpc) is 2.49. The third-order valence-corrected chi connectivity index (χ3v) is 4.16. The molecule has 2 aromatic rings. The number of hydrogen-bond donors (Lipinski definition) is 0. The van der Waals surface area contributed by atoms with E-state index in [0.717, 1.165) is 22.2 Å². The molecule has 0 amide bonds. The summed E-state index contributed by atoms with van der Waals surface area (Å²) in [6.45, 7) is 2.01. The maximum atomic E-state index is 6.13. The molecule has 2 rings (SSSR count). The van der Waals surface area contributed by atoms with Gasteiger partial charge in [-0.1, -0.05) is 18.5 Å². The summed E-state index contributed by atoms with van der Waals surface area (Å²) >= 11 is 9.53. The van der Waals surface area contributed by atoms with E-state index in [1.54, 1.807) is 20.3 Å². The van der Waals surface area contributed by atoms with Crippen LogP contribution in [0.3, 0.4) is 0 Å². The highest BCUT2D eigenvalue weighted by molar-refractivity contribution is 9.10. The maximum absolute atomic E-state index is 6.13. The Balaban J connectivity index is 2.58. The first-order valence-corrected chi connectivity index (χ1v) is 7.21. The van der Waals surface area contributed by atoms with Gasteiger partial charge < -0.3 is 9.47 Å². The van der Waals surface area contributed by atoms with Gasteiger partial charge in [0.2, 0.25) is 0 Å². The Morgan fingerprint density at radius 2 is 1.70 bits per heavy atom. The van der Waals surface area contributed by atoms with E-state index in [0.29, 0.717) is 22.5 Å². The van der Waals surface area contributed by atoms with Crippen LogP contribution in [0, 0.1) is 0 Å². The Morgan fingerprint density at radius 3 is 2.20 bits per heavy atom. The van der Waals surface area contributed by atoms with Gasteiger partial charge in [-0.2, -0.15) is 0 Å². The lowest BCUT2D eigenvalue weighted by atomic mass is 10.1. The van der Waals surface area contributed by atoms with E-state index in [2.05, 4.69) is 25.9 Å². The van der Waals surface area contributed by atoms with Crippen molar-refractivity contribution in [3.8, 4) is 22.9 Å². The SMILES string of the molecule is CCc1nc(-c2cc(OC)cc(OC)c2)nc(Cl)c1Br. The molecule has 0 saturated carbocycles. The highest BCUT2D eigenvalue weighted by Gasteiger charge is 2.12. The number of hydrogen-bond acceptors (Lipinski definition) is 4. The second-order valence-corrected chi connectivity index (χ2v) is 5.20. The highest BCUT2D eigenvalue weighted by Crippen LogP contribution is 2.31. The predicted molar refractivity (Wildman–Crippen MR) is 82.7 cm³/mol. The summed E-state index contributed by atoms with van der Waals surface area (Å²) in [6, 6.07) is 5.49. The molecule has 0 bridgehead atoms. The minimum absolute atomic E-state index is 0.397. The first kappa shape index (κ1) is 15.1. The van der Waals surface area contributed by atoms with Gasteiger partial charge in [-0.15, -0.1) is 0 Å². The smallest absolute Gasteiger partial charge is 0.161 e. The molecule has 4 nitrogen and oxygen atoms in total. The molecule has 1 aromatic carbocycles. The number of aryl methyl sites for hydroxylation is 1. The molecule has 0 atom stereocenters. The van der Waals surface area contributed by atoms with Gasteiger partial charge in [0.1, 0.15) is 16.7 Å². The lowest BCUT2D eigenvalue weighted by Gasteiger charge is -2.10. The van der Waals surface area contributed by atoms with Crippen molar-refractivity contribution in [3.63, 3.8) is 0 Å². The Morgan fingerprint density at radius 1 is 1.10 bits per heavy atom. The lowest BCUT2D eigenvalue weighted by Crippen LogP contribution is -1.98. The average molecular weight is 358 g/mol. The molecule has 1 aromatic heterocycles. The standard InChI is InChI=1S/C14H14BrClN2O2/c1-4-11-12(15)13(16)18-14(17-11)8-5-9(19-2)7-10(6-8)20-3/h5-7H,4H2,1-3H3. The first-order chi connectivity index (χ1) is 9.58. The van der Waals surface area contributed by atoms with Crippen molar-refractivity contribution in [3.05, 3.63) is 33.5 Å². The van der Waals surface area contributed by atoms with Crippen molar-refractivity contribution in [1.29, 1.82) is 0 Å². The molecule has 0 N–H and O–H groups in total. The number of nitrogens with zero attached hydrogens (tertiary/aromatic N) is 2. The van der Waals surface area contributed by atoms with E-state index in [1.165, 1.54) is 0 Å². The van der Waals surface area contributed by atoms with Crippen LogP contribution in [0.15, 0.2) is 22.7 Å². The summed E-state index contributed by atoms with van der Waals surface area (Å²) in [5, 5.41) is 0.397. The summed E-state index contributed by atoms with van der Waals surface area (Å²) in [5.41, 5.74) is 1.66. The van der Waals surface area contributed by atoms with Gasteiger partial charge in [0, 0.05) is 11.6 Å². The lowest BCUT2D eigenvalue weighted by molar-refractivity contribution is 0.394. The molecule has 20 heavy (non-hydrogen) atoms. The third-order valence-electron chi connectivity index (χ3n) is 2.82. The maximum Gasteiger partial charge on any atom is 0.161 e. The third kappa shape index (κ3) is 3.04. The molecule has 0 saturated heterocycles. The zero-order valence-electron chi connectivity index (χ0n) is 11.4. The van der Waals surface area contributed by atoms with E-state index in [-0.39, 0.29) is 0 Å². The number of ether oxygens (including phenoxy) is 2. The number of aromatic nitrogens is 2. The Labute approximate surface area is 131 Å². The zero-order valence-corrected chi connectivity index (χ0v) is 13.7. The van der Waals surface area contributed by atoms with Crippen molar-refractivity contribution < 1.29 is 9.47 Å². The van der Waals surface area contributed by atoms with E-state index < -0.39 is 0 Å². The zero-order chi connectivity index (χ0) is 14.7. The number of rotatable bonds is 4. The number of halogens is 2. The van der Waals surface area contributed by atoms with Crippen LogP contribution in [0.2, 0.25) is 5.15 Å². The summed E-state index contributed by atoms with van der Waals surface area (Å²) in [5.74, 6) is 1.91. The molecule has 0 aliphatic rings. The van der Waals surface area contributed by atoms with E-state index in [9.17, 15) is 0 Å². The van der Waals surface area contributed by atoms with Gasteiger partial charge >= 0.3 is 0 Å². The van der Waals surface area contributed by atoms with Crippen LogP contribution in [-0.4, -0.2) is 24.2 Å². The second kappa shape index (κ2) is 6.41. The fourth-order valence-corrected chi connectivity index (χ4v) is 2.41. The molecular weight excluding hydrogens is 344 g/mol. The fraction of sp³-hybridized carbons (Fsp3) is 0.286. The monoisotopic (exact) mass is 356 g/mol. The van der Waals surface area contributed by atoms with Gasteiger partial charge in [0.05, 0.1) is 24.4 Å². The van der Waals surface area contributed by atoms with Crippen LogP contribution in [0.4, 0.5) is 0 Å². The minimum atomic E-state index is 0.397. The predicted octanol–water partition coefficient (Wildman–Crippen LogP) is 4.14. The highest BCUT2D eigenvalue weighted by atomic mass is 79.9. The van der Waals surface area contributed by atoms with Crippen LogP contribution in [0.1, 0.15) is 12.6 Å². The van der Waals surface area contributed by atoms with Crippen molar-refractivity contribution in [1.82, 2.24) is 9.97 Å². The van der Waals surface area contributed by atoms with E-state index >= 15 is 0 Å². The summed E-state index contributed by atoms with van der Waals surface area (Å²) in [4.78, 5) is 8.82. The normalized spacial score (nSPS) is 10.4. The van der Waals surface area contributed by atoms with Gasteiger partial charge in [0.15, 0.2) is 5.82 Å². The molecular formula is C14H14BrClN2O2. The quantitative estimate of drug-likeness (QED) is 0.771. The second-order valence-electron chi connectivity index (χ2n) is 4.05. The van der Waals surface area contributed by atoms with Crippen molar-refractivity contribution >= 4 is 27.5 Å². The summed E-state index contributed by atoms with van der Waals surface area (Å²) in [7, 11) is 3.21. The van der Waals surface area contributed by atoms with Crippen LogP contribution in [-0.2, 0) is 6.42 Å². The van der Waals surface area contributed by atoms with Crippen LogP contribution >= 0.6 is 27.5 Å². The minimum Gasteiger partial charge on any atom is -0.497 e. The Kier molecular flexibility index (Phi) is 4.83. The summed E-state index contributed by atoms with van der Waals surface area (Å²) < 4.78 is 11.2. The van der Waals surface area contributed by atoms with Gasteiger partial charge in [-0.25, -0.2) is 9.97 Å². The largest absolute Gasteiger partial charge is 0.497 e. The van der Waals surface area contributed by atoms with E-state index in [4.69, 9.17) is 21.1 Å². The molecule has 0 aliphatic carbocycles. The van der Waals surface area contributed by atoms with Crippen LogP contribution in [0.5, 0.6) is 11.5 Å².